The van der Waals surface area contributed by atoms with Crippen molar-refractivity contribution in [1.82, 2.24) is 4.98 Å². The summed E-state index contributed by atoms with van der Waals surface area (Å²) in [5.74, 6) is 0. The van der Waals surface area contributed by atoms with Crippen molar-refractivity contribution in [3.05, 3.63) is 39.7 Å². The van der Waals surface area contributed by atoms with E-state index >= 15 is 0 Å². The Morgan fingerprint density at radius 1 is 1.33 bits per heavy atom. The van der Waals surface area contributed by atoms with Gasteiger partial charge in [0, 0.05) is 10.9 Å². The van der Waals surface area contributed by atoms with Gasteiger partial charge < -0.3 is 5.73 Å². The van der Waals surface area contributed by atoms with Crippen molar-refractivity contribution in [3.8, 4) is 11.3 Å². The Labute approximate surface area is 113 Å². The molecule has 0 fully saturated rings. The number of nitrogens with two attached hydrogens (primary N) is 1. The highest BCUT2D eigenvalue weighted by Crippen LogP contribution is 2.29. The van der Waals surface area contributed by atoms with Crippen LogP contribution in [-0.2, 0) is 0 Å². The van der Waals surface area contributed by atoms with Crippen LogP contribution in [0.3, 0.4) is 0 Å². The molecule has 0 aliphatic heterocycles. The van der Waals surface area contributed by atoms with E-state index in [1.165, 1.54) is 16.7 Å². The van der Waals surface area contributed by atoms with Crippen LogP contribution >= 0.6 is 11.3 Å². The first-order chi connectivity index (χ1) is 8.61. The first-order valence-electron chi connectivity index (χ1n) is 6.40. The van der Waals surface area contributed by atoms with E-state index in [1.807, 2.05) is 0 Å². The number of rotatable bonds is 4. The summed E-state index contributed by atoms with van der Waals surface area (Å²) in [6, 6.07) is 6.56. The van der Waals surface area contributed by atoms with Crippen LogP contribution in [0.25, 0.3) is 11.3 Å². The van der Waals surface area contributed by atoms with Gasteiger partial charge in [0.1, 0.15) is 5.01 Å². The molecule has 1 aromatic heterocycles. The molecule has 1 aromatic carbocycles. The summed E-state index contributed by atoms with van der Waals surface area (Å²) >= 11 is 1.67. The number of hydrogen-bond acceptors (Lipinski definition) is 3. The molecule has 2 N–H and O–H groups in total. The van der Waals surface area contributed by atoms with E-state index in [0.717, 1.165) is 23.5 Å². The SMILES string of the molecule is CCCC(N)c1nc(-c2cc(C)ccc2C)cs1. The van der Waals surface area contributed by atoms with Gasteiger partial charge in [0.2, 0.25) is 0 Å². The van der Waals surface area contributed by atoms with Gasteiger partial charge >= 0.3 is 0 Å². The number of hydrogen-bond donors (Lipinski definition) is 1. The zero-order chi connectivity index (χ0) is 13.1. The summed E-state index contributed by atoms with van der Waals surface area (Å²) < 4.78 is 0. The molecule has 1 atom stereocenters. The minimum Gasteiger partial charge on any atom is -0.322 e. The Hall–Kier alpha value is -1.19. The van der Waals surface area contributed by atoms with Gasteiger partial charge in [-0.2, -0.15) is 0 Å². The van der Waals surface area contributed by atoms with Gasteiger partial charge in [-0.1, -0.05) is 31.0 Å². The molecule has 0 spiro atoms. The lowest BCUT2D eigenvalue weighted by Gasteiger charge is -2.06. The number of nitrogens with zero attached hydrogens (tertiary/aromatic N) is 1. The average molecular weight is 260 g/mol. The van der Waals surface area contributed by atoms with Crippen LogP contribution in [0.4, 0.5) is 0 Å². The average Bonchev–Trinajstić information content (AvgIpc) is 2.82. The quantitative estimate of drug-likeness (QED) is 0.893. The number of aromatic nitrogens is 1. The summed E-state index contributed by atoms with van der Waals surface area (Å²) in [6.45, 7) is 6.39. The van der Waals surface area contributed by atoms with Crippen molar-refractivity contribution in [1.29, 1.82) is 0 Å². The van der Waals surface area contributed by atoms with Crippen LogP contribution in [-0.4, -0.2) is 4.98 Å². The highest BCUT2D eigenvalue weighted by molar-refractivity contribution is 7.10. The second kappa shape index (κ2) is 5.63. The molecule has 0 bridgehead atoms. The monoisotopic (exact) mass is 260 g/mol. The predicted molar refractivity (Wildman–Crippen MR) is 78.9 cm³/mol. The molecular weight excluding hydrogens is 240 g/mol. The van der Waals surface area contributed by atoms with Gasteiger partial charge in [0.25, 0.3) is 0 Å². The standard InChI is InChI=1S/C15H20N2S/c1-4-5-13(16)15-17-14(9-18-15)12-8-10(2)6-7-11(12)3/h6-9,13H,4-5,16H2,1-3H3. The van der Waals surface area contributed by atoms with Crippen molar-refractivity contribution in [2.45, 2.75) is 39.7 Å². The Bertz CT molecular complexity index is 531. The Morgan fingerprint density at radius 3 is 2.83 bits per heavy atom. The Kier molecular flexibility index (Phi) is 4.15. The van der Waals surface area contributed by atoms with Gasteiger partial charge in [-0.3, -0.25) is 0 Å². The van der Waals surface area contributed by atoms with Crippen molar-refractivity contribution in [2.75, 3.05) is 0 Å². The van der Waals surface area contributed by atoms with E-state index in [0.29, 0.717) is 0 Å². The van der Waals surface area contributed by atoms with E-state index < -0.39 is 0 Å². The summed E-state index contributed by atoms with van der Waals surface area (Å²) in [4.78, 5) is 4.69. The molecule has 0 radical (unpaired) electrons. The lowest BCUT2D eigenvalue weighted by Crippen LogP contribution is -2.09. The smallest absolute Gasteiger partial charge is 0.110 e. The molecule has 2 aromatic rings. The zero-order valence-corrected chi connectivity index (χ0v) is 12.1. The highest BCUT2D eigenvalue weighted by Gasteiger charge is 2.12. The maximum Gasteiger partial charge on any atom is 0.110 e. The first kappa shape index (κ1) is 13.2. The third-order valence-corrected chi connectivity index (χ3v) is 4.08. The third kappa shape index (κ3) is 2.79. The minimum absolute atomic E-state index is 0.0823. The second-order valence-electron chi connectivity index (χ2n) is 4.78. The van der Waals surface area contributed by atoms with Gasteiger partial charge in [-0.15, -0.1) is 11.3 Å². The van der Waals surface area contributed by atoms with Crippen LogP contribution in [0, 0.1) is 13.8 Å². The van der Waals surface area contributed by atoms with Crippen LogP contribution in [0.5, 0.6) is 0 Å². The van der Waals surface area contributed by atoms with E-state index in [-0.39, 0.29) is 6.04 Å². The number of benzene rings is 1. The van der Waals surface area contributed by atoms with E-state index in [2.05, 4.69) is 44.4 Å². The maximum atomic E-state index is 6.11. The van der Waals surface area contributed by atoms with E-state index in [9.17, 15) is 0 Å². The van der Waals surface area contributed by atoms with E-state index in [4.69, 9.17) is 10.7 Å². The molecule has 2 nitrogen and oxygen atoms in total. The second-order valence-corrected chi connectivity index (χ2v) is 5.67. The van der Waals surface area contributed by atoms with Gasteiger partial charge in [-0.05, 0) is 31.9 Å². The minimum atomic E-state index is 0.0823. The Morgan fingerprint density at radius 2 is 2.11 bits per heavy atom. The van der Waals surface area contributed by atoms with Gasteiger partial charge in [0.15, 0.2) is 0 Å². The van der Waals surface area contributed by atoms with E-state index in [1.54, 1.807) is 11.3 Å². The van der Waals surface area contributed by atoms with Gasteiger partial charge in [0.05, 0.1) is 11.7 Å². The third-order valence-electron chi connectivity index (χ3n) is 3.11. The lowest BCUT2D eigenvalue weighted by atomic mass is 10.0. The molecule has 2 rings (SSSR count). The molecular formula is C15H20N2S. The van der Waals surface area contributed by atoms with Crippen LogP contribution in [0.2, 0.25) is 0 Å². The molecule has 96 valence electrons. The van der Waals surface area contributed by atoms with Crippen molar-refractivity contribution < 1.29 is 0 Å². The molecule has 0 saturated heterocycles. The summed E-state index contributed by atoms with van der Waals surface area (Å²) in [5, 5.41) is 3.17. The molecule has 1 heterocycles. The molecule has 3 heteroatoms. The van der Waals surface area contributed by atoms with Crippen molar-refractivity contribution in [2.24, 2.45) is 5.73 Å². The van der Waals surface area contributed by atoms with Crippen molar-refractivity contribution in [3.63, 3.8) is 0 Å². The van der Waals surface area contributed by atoms with Gasteiger partial charge in [-0.25, -0.2) is 4.98 Å². The van der Waals surface area contributed by atoms with Crippen LogP contribution in [0.1, 0.15) is 41.9 Å². The topological polar surface area (TPSA) is 38.9 Å². The molecule has 0 amide bonds. The maximum absolute atomic E-state index is 6.11. The number of thiazole rings is 1. The first-order valence-corrected chi connectivity index (χ1v) is 7.28. The molecule has 1 unspecified atom stereocenters. The summed E-state index contributed by atoms with van der Waals surface area (Å²) in [5.41, 5.74) is 10.9. The largest absolute Gasteiger partial charge is 0.322 e. The molecule has 0 aliphatic rings. The number of aryl methyl sites for hydroxylation is 2. The van der Waals surface area contributed by atoms with Crippen LogP contribution < -0.4 is 5.73 Å². The lowest BCUT2D eigenvalue weighted by molar-refractivity contribution is 0.635. The fraction of sp³-hybridized carbons (Fsp3) is 0.400. The highest BCUT2D eigenvalue weighted by atomic mass is 32.1. The summed E-state index contributed by atoms with van der Waals surface area (Å²) in [6.07, 6.45) is 2.10. The zero-order valence-electron chi connectivity index (χ0n) is 11.2. The fourth-order valence-corrected chi connectivity index (χ4v) is 2.88. The van der Waals surface area contributed by atoms with Crippen LogP contribution in [0.15, 0.2) is 23.6 Å². The molecule has 18 heavy (non-hydrogen) atoms. The summed E-state index contributed by atoms with van der Waals surface area (Å²) in [7, 11) is 0. The molecule has 0 aliphatic carbocycles. The fourth-order valence-electron chi connectivity index (χ4n) is 2.03. The Balaban J connectivity index is 2.32. The normalized spacial score (nSPS) is 12.7. The molecule has 0 saturated carbocycles. The predicted octanol–water partition coefficient (Wildman–Crippen LogP) is 4.23. The van der Waals surface area contributed by atoms with Crippen molar-refractivity contribution >= 4 is 11.3 Å².